The van der Waals surface area contributed by atoms with Crippen molar-refractivity contribution in [1.82, 2.24) is 24.6 Å². The lowest BCUT2D eigenvalue weighted by Gasteiger charge is -2.45. The highest BCUT2D eigenvalue weighted by Gasteiger charge is 2.41. The highest BCUT2D eigenvalue weighted by molar-refractivity contribution is 7.49. The SMILES string of the molecule is Cc1nn([C@H](C)c2ccc(Cl)cc2Cl)c2nc(N3CCC(N4CCCC4CCN)C(COP(=O)(Oc4ccccc4)Oc4ccccc4)C3)cnc12. The van der Waals surface area contributed by atoms with Gasteiger partial charge in [-0.3, -0.25) is 9.42 Å². The van der Waals surface area contributed by atoms with Crippen molar-refractivity contribution >= 4 is 48.0 Å². The van der Waals surface area contributed by atoms with Crippen LogP contribution in [0.3, 0.4) is 0 Å². The molecule has 274 valence electrons. The highest BCUT2D eigenvalue weighted by atomic mass is 35.5. The first kappa shape index (κ1) is 36.6. The Morgan fingerprint density at radius 1 is 0.981 bits per heavy atom. The Labute approximate surface area is 314 Å². The first-order valence-corrected chi connectivity index (χ1v) is 20.0. The molecule has 2 fully saturated rings. The van der Waals surface area contributed by atoms with Gasteiger partial charge in [-0.15, -0.1) is 0 Å². The van der Waals surface area contributed by atoms with Gasteiger partial charge in [0.05, 0.1) is 24.5 Å². The number of phosphoric acid groups is 1. The Balaban J connectivity index is 1.18. The van der Waals surface area contributed by atoms with Crippen molar-refractivity contribution in [3.05, 3.63) is 106 Å². The number of benzene rings is 3. The minimum Gasteiger partial charge on any atom is -0.395 e. The molecule has 7 rings (SSSR count). The molecule has 0 aliphatic carbocycles. The van der Waals surface area contributed by atoms with Crippen LogP contribution in [0.2, 0.25) is 10.0 Å². The Morgan fingerprint density at radius 2 is 1.69 bits per heavy atom. The van der Waals surface area contributed by atoms with E-state index in [9.17, 15) is 4.57 Å². The zero-order chi connectivity index (χ0) is 36.2. The van der Waals surface area contributed by atoms with Gasteiger partial charge in [-0.2, -0.15) is 5.10 Å². The van der Waals surface area contributed by atoms with Crippen LogP contribution < -0.4 is 19.7 Å². The third-order valence-electron chi connectivity index (χ3n) is 10.1. The molecule has 0 spiro atoms. The van der Waals surface area contributed by atoms with Gasteiger partial charge in [0, 0.05) is 41.1 Å². The van der Waals surface area contributed by atoms with E-state index < -0.39 is 7.82 Å². The lowest BCUT2D eigenvalue weighted by atomic mass is 9.90. The smallest absolute Gasteiger partial charge is 0.395 e. The Hall–Kier alpha value is -3.70. The second-order valence-corrected chi connectivity index (χ2v) is 15.9. The quantitative estimate of drug-likeness (QED) is 0.117. The molecular formula is C38H44Cl2N7O4P. The van der Waals surface area contributed by atoms with Crippen LogP contribution in [0.25, 0.3) is 11.2 Å². The normalized spacial score (nSPS) is 20.3. The molecular weight excluding hydrogens is 720 g/mol. The Kier molecular flexibility index (Phi) is 11.4. The number of aromatic nitrogens is 4. The second-order valence-electron chi connectivity index (χ2n) is 13.5. The number of hydrogen-bond acceptors (Lipinski definition) is 10. The lowest BCUT2D eigenvalue weighted by molar-refractivity contribution is 0.0686. The minimum atomic E-state index is -4.11. The van der Waals surface area contributed by atoms with Crippen LogP contribution in [-0.2, 0) is 9.09 Å². The number of nitrogens with zero attached hydrogens (tertiary/aromatic N) is 6. The second kappa shape index (κ2) is 16.1. The van der Waals surface area contributed by atoms with Crippen LogP contribution >= 0.6 is 31.0 Å². The number of para-hydroxylation sites is 2. The number of piperidine rings is 1. The largest absolute Gasteiger partial charge is 0.587 e. The fraction of sp³-hybridized carbons (Fsp3) is 0.395. The average Bonchev–Trinajstić information content (AvgIpc) is 3.75. The number of phosphoric ester groups is 1. The summed E-state index contributed by atoms with van der Waals surface area (Å²) in [5.74, 6) is 1.47. The van der Waals surface area contributed by atoms with Crippen LogP contribution in [0.1, 0.15) is 49.9 Å². The van der Waals surface area contributed by atoms with Crippen molar-refractivity contribution in [1.29, 1.82) is 0 Å². The van der Waals surface area contributed by atoms with E-state index in [1.54, 1.807) is 30.3 Å². The maximum absolute atomic E-state index is 14.4. The first-order chi connectivity index (χ1) is 25.2. The minimum absolute atomic E-state index is 0.0601. The van der Waals surface area contributed by atoms with Crippen molar-refractivity contribution in [2.45, 2.75) is 57.7 Å². The molecule has 2 saturated heterocycles. The van der Waals surface area contributed by atoms with E-state index in [0.717, 1.165) is 61.4 Å². The molecule has 0 radical (unpaired) electrons. The van der Waals surface area contributed by atoms with Crippen molar-refractivity contribution in [2.24, 2.45) is 11.7 Å². The standard InChI is InChI=1S/C38H44Cl2N7O4P/c1-26-37-38(47(44-26)27(2)33-16-15-29(39)22-34(33)40)43-36(23-42-37)45-21-18-35(46-20-9-10-30(46)17-19-41)28(24-45)25-49-52(48,50-31-11-5-3-6-12-31)51-32-13-7-4-8-14-32/h3-8,11-16,22-23,27-28,30,35H,9-10,17-21,24-25,41H2,1-2H3/t27-,28?,30?,35?/m1/s1. The van der Waals surface area contributed by atoms with Gasteiger partial charge in [-0.25, -0.2) is 19.2 Å². The number of hydrogen-bond donors (Lipinski definition) is 1. The van der Waals surface area contributed by atoms with Gasteiger partial charge in [0.2, 0.25) is 0 Å². The molecule has 2 aliphatic heterocycles. The van der Waals surface area contributed by atoms with Gasteiger partial charge in [0.1, 0.15) is 22.8 Å². The van der Waals surface area contributed by atoms with Crippen molar-refractivity contribution in [3.8, 4) is 11.5 Å². The summed E-state index contributed by atoms with van der Waals surface area (Å²) in [6.45, 7) is 7.09. The molecule has 14 heteroatoms. The van der Waals surface area contributed by atoms with E-state index >= 15 is 0 Å². The van der Waals surface area contributed by atoms with E-state index in [-0.39, 0.29) is 24.6 Å². The molecule has 52 heavy (non-hydrogen) atoms. The molecule has 2 aromatic heterocycles. The summed E-state index contributed by atoms with van der Waals surface area (Å²) in [6, 6.07) is 23.8. The van der Waals surface area contributed by atoms with Gasteiger partial charge in [0.25, 0.3) is 0 Å². The van der Waals surface area contributed by atoms with Crippen LogP contribution in [0.5, 0.6) is 11.5 Å². The highest BCUT2D eigenvalue weighted by Crippen LogP contribution is 2.50. The van der Waals surface area contributed by atoms with E-state index in [4.69, 9.17) is 57.6 Å². The Bertz CT molecular complexity index is 1980. The molecule has 0 saturated carbocycles. The van der Waals surface area contributed by atoms with Crippen molar-refractivity contribution in [3.63, 3.8) is 0 Å². The summed E-state index contributed by atoms with van der Waals surface area (Å²) in [7, 11) is -4.11. The molecule has 0 bridgehead atoms. The fourth-order valence-electron chi connectivity index (χ4n) is 7.54. The first-order valence-electron chi connectivity index (χ1n) is 17.8. The predicted octanol–water partition coefficient (Wildman–Crippen LogP) is 8.34. The zero-order valence-electron chi connectivity index (χ0n) is 29.4. The molecule has 4 atom stereocenters. The summed E-state index contributed by atoms with van der Waals surface area (Å²) in [5, 5.41) is 5.97. The van der Waals surface area contributed by atoms with Crippen LogP contribution in [-0.4, -0.2) is 69.5 Å². The summed E-state index contributed by atoms with van der Waals surface area (Å²) in [6.07, 6.45) is 5.83. The van der Waals surface area contributed by atoms with E-state index in [1.807, 2.05) is 73.3 Å². The maximum Gasteiger partial charge on any atom is 0.587 e. The number of likely N-dealkylation sites (tertiary alicyclic amines) is 1. The number of anilines is 1. The third-order valence-corrected chi connectivity index (χ3v) is 12.0. The monoisotopic (exact) mass is 763 g/mol. The lowest BCUT2D eigenvalue weighted by Crippen LogP contribution is -2.54. The summed E-state index contributed by atoms with van der Waals surface area (Å²) < 4.78 is 34.5. The third kappa shape index (κ3) is 8.10. The molecule has 11 nitrogen and oxygen atoms in total. The molecule has 0 amide bonds. The molecule has 5 aromatic rings. The van der Waals surface area contributed by atoms with E-state index in [1.165, 1.54) is 0 Å². The van der Waals surface area contributed by atoms with Gasteiger partial charge < -0.3 is 19.7 Å². The van der Waals surface area contributed by atoms with Crippen LogP contribution in [0, 0.1) is 12.8 Å². The zero-order valence-corrected chi connectivity index (χ0v) is 31.8. The predicted molar refractivity (Wildman–Crippen MR) is 206 cm³/mol. The number of halogens is 2. The van der Waals surface area contributed by atoms with Crippen molar-refractivity contribution in [2.75, 3.05) is 37.7 Å². The molecule has 3 aromatic carbocycles. The number of nitrogens with two attached hydrogens (primary N) is 1. The summed E-state index contributed by atoms with van der Waals surface area (Å²) in [4.78, 5) is 14.8. The maximum atomic E-state index is 14.4. The number of aryl methyl sites for hydroxylation is 1. The summed E-state index contributed by atoms with van der Waals surface area (Å²) >= 11 is 12.8. The van der Waals surface area contributed by atoms with Gasteiger partial charge in [0.15, 0.2) is 5.65 Å². The van der Waals surface area contributed by atoms with Crippen molar-refractivity contribution < 1.29 is 18.1 Å². The van der Waals surface area contributed by atoms with Crippen LogP contribution in [0.4, 0.5) is 5.82 Å². The summed E-state index contributed by atoms with van der Waals surface area (Å²) in [5.41, 5.74) is 9.13. The van der Waals surface area contributed by atoms with Gasteiger partial charge in [-0.1, -0.05) is 65.7 Å². The van der Waals surface area contributed by atoms with Crippen LogP contribution in [0.15, 0.2) is 85.1 Å². The number of rotatable bonds is 13. The molecule has 2 N–H and O–H groups in total. The molecule has 4 heterocycles. The fourth-order valence-corrected chi connectivity index (χ4v) is 9.38. The van der Waals surface area contributed by atoms with E-state index in [2.05, 4.69) is 9.80 Å². The van der Waals surface area contributed by atoms with Gasteiger partial charge >= 0.3 is 7.82 Å². The Morgan fingerprint density at radius 3 is 2.37 bits per heavy atom. The average molecular weight is 765 g/mol. The topological polar surface area (TPSA) is 121 Å². The van der Waals surface area contributed by atoms with Gasteiger partial charge in [-0.05, 0) is 94.6 Å². The van der Waals surface area contributed by atoms with E-state index in [0.29, 0.717) is 46.3 Å². The molecule has 2 aliphatic rings. The number of fused-ring (bicyclic) bond motifs is 1. The molecule has 3 unspecified atom stereocenters.